The molecule has 0 unspecified atom stereocenters. The Kier molecular flexibility index (Phi) is 11.7. The van der Waals surface area contributed by atoms with E-state index in [0.717, 1.165) is 17.5 Å². The topological polar surface area (TPSA) is 119 Å². The third kappa shape index (κ3) is 10.2. The average Bonchev–Trinajstić information content (AvgIpc) is 3.22. The second-order valence-electron chi connectivity index (χ2n) is 6.59. The van der Waals surface area contributed by atoms with E-state index in [-0.39, 0.29) is 10.7 Å². The largest absolute Gasteiger partial charge is 0.469 e. The van der Waals surface area contributed by atoms with E-state index < -0.39 is 41.8 Å². The molecule has 4 N–H and O–H groups in total. The number of carbonyl (C=O) groups excluding carboxylic acids is 2. The number of benzene rings is 2. The van der Waals surface area contributed by atoms with Crippen LogP contribution in [0.4, 0.5) is 32.0 Å². The number of ketones is 1. The van der Waals surface area contributed by atoms with Crippen molar-refractivity contribution in [2.45, 2.75) is 18.8 Å². The van der Waals surface area contributed by atoms with Gasteiger partial charge in [0.25, 0.3) is 5.56 Å². The molecule has 0 spiro atoms. The molecule has 8 nitrogen and oxygen atoms in total. The molecule has 1 aromatic heterocycles. The third-order valence-electron chi connectivity index (χ3n) is 4.00. The van der Waals surface area contributed by atoms with Crippen LogP contribution in [-0.2, 0) is 20.5 Å². The van der Waals surface area contributed by atoms with E-state index in [1.54, 1.807) is 18.2 Å². The van der Waals surface area contributed by atoms with Gasteiger partial charge in [-0.05, 0) is 24.3 Å². The quantitative estimate of drug-likeness (QED) is 0.130. The summed E-state index contributed by atoms with van der Waals surface area (Å²) in [5.74, 6) is 1.84. The molecule has 16 heteroatoms. The van der Waals surface area contributed by atoms with Gasteiger partial charge in [0.05, 0.1) is 28.5 Å². The van der Waals surface area contributed by atoms with Gasteiger partial charge in [-0.25, -0.2) is 4.68 Å². The number of aromatic amines is 1. The number of anilines is 1. The minimum atomic E-state index is -4.95. The van der Waals surface area contributed by atoms with Crippen LogP contribution in [0.25, 0.3) is 5.69 Å². The third-order valence-corrected chi connectivity index (χ3v) is 4.65. The minimum Gasteiger partial charge on any atom is -0.469 e. The van der Waals surface area contributed by atoms with Gasteiger partial charge >= 0.3 is 18.3 Å². The Bertz CT molecular complexity index is 1260. The maximum Gasteiger partial charge on any atom is 0.450 e. The molecule has 0 aliphatic heterocycles. The van der Waals surface area contributed by atoms with Crippen molar-refractivity contribution in [1.29, 1.82) is 0 Å². The van der Waals surface area contributed by atoms with Crippen molar-refractivity contribution in [1.82, 2.24) is 9.78 Å². The molecule has 3 rings (SSSR count). The maximum atomic E-state index is 12.4. The fraction of sp³-hybridized carbons (Fsp3) is 0.190. The van der Waals surface area contributed by atoms with Crippen molar-refractivity contribution in [2.75, 3.05) is 12.5 Å². The molecule has 0 fully saturated rings. The molecule has 202 valence electrons. The van der Waals surface area contributed by atoms with Crippen molar-refractivity contribution in [3.63, 3.8) is 0 Å². The molecule has 1 heterocycles. The molecule has 37 heavy (non-hydrogen) atoms. The molecular formula is C21H18Cl2F6N4O4. The van der Waals surface area contributed by atoms with E-state index >= 15 is 0 Å². The van der Waals surface area contributed by atoms with E-state index in [1.165, 1.54) is 12.1 Å². The van der Waals surface area contributed by atoms with Gasteiger partial charge in [0.1, 0.15) is 12.1 Å². The SMILES string of the molecule is COC(=O)CC(=O)C(F)(F)F.NNc1ccccc1Cl.O=c1cc(C(F)(F)F)[nH]n1-c1ccccc1Cl. The Morgan fingerprint density at radius 1 is 1.00 bits per heavy atom. The Morgan fingerprint density at radius 2 is 1.54 bits per heavy atom. The summed E-state index contributed by atoms with van der Waals surface area (Å²) in [6, 6.07) is 13.9. The van der Waals surface area contributed by atoms with Crippen LogP contribution in [0.2, 0.25) is 10.0 Å². The first-order valence-corrected chi connectivity index (χ1v) is 10.4. The Labute approximate surface area is 214 Å². The molecule has 0 radical (unpaired) electrons. The molecular weight excluding hydrogens is 557 g/mol. The minimum absolute atomic E-state index is 0.176. The number of alkyl halides is 6. The van der Waals surface area contributed by atoms with Crippen molar-refractivity contribution in [3.8, 4) is 5.69 Å². The summed E-state index contributed by atoms with van der Waals surface area (Å²) in [7, 11) is 0.909. The zero-order valence-corrected chi connectivity index (χ0v) is 20.1. The molecule has 0 aliphatic rings. The van der Waals surface area contributed by atoms with Crippen LogP contribution < -0.4 is 16.8 Å². The summed E-state index contributed by atoms with van der Waals surface area (Å²) in [4.78, 5) is 31.5. The van der Waals surface area contributed by atoms with Crippen LogP contribution in [0.15, 0.2) is 59.4 Å². The van der Waals surface area contributed by atoms with Gasteiger partial charge in [0.15, 0.2) is 0 Å². The fourth-order valence-corrected chi connectivity index (χ4v) is 2.65. The number of para-hydroxylation sites is 2. The van der Waals surface area contributed by atoms with Crippen molar-refractivity contribution in [3.05, 3.63) is 80.7 Å². The number of carbonyl (C=O) groups is 2. The zero-order chi connectivity index (χ0) is 28.4. The van der Waals surface area contributed by atoms with Gasteiger partial charge in [-0.3, -0.25) is 25.3 Å². The predicted molar refractivity (Wildman–Crippen MR) is 123 cm³/mol. The molecule has 2 aromatic carbocycles. The molecule has 0 atom stereocenters. The number of hydrogen-bond acceptors (Lipinski definition) is 6. The van der Waals surface area contributed by atoms with E-state index in [2.05, 4.69) is 10.2 Å². The first-order valence-electron chi connectivity index (χ1n) is 9.64. The second-order valence-corrected chi connectivity index (χ2v) is 7.41. The first kappa shape index (κ1) is 31.5. The molecule has 0 aliphatic carbocycles. The van der Waals surface area contributed by atoms with Gasteiger partial charge in [-0.2, -0.15) is 26.3 Å². The normalized spacial score (nSPS) is 10.9. The van der Waals surface area contributed by atoms with Crippen molar-refractivity contribution in [2.24, 2.45) is 5.84 Å². The summed E-state index contributed by atoms with van der Waals surface area (Å²) in [6.45, 7) is 0. The Balaban J connectivity index is 0.000000297. The summed E-state index contributed by atoms with van der Waals surface area (Å²) in [6.07, 6.45) is -10.8. The summed E-state index contributed by atoms with van der Waals surface area (Å²) in [5, 5.41) is 2.80. The average molecular weight is 575 g/mol. The number of Topliss-reactive ketones (excluding diaryl/α,β-unsaturated/α-hetero) is 1. The van der Waals surface area contributed by atoms with E-state index in [1.807, 2.05) is 23.3 Å². The first-order chi connectivity index (χ1) is 17.1. The highest BCUT2D eigenvalue weighted by Crippen LogP contribution is 2.27. The van der Waals surface area contributed by atoms with Crippen LogP contribution >= 0.6 is 23.2 Å². The van der Waals surface area contributed by atoms with Crippen LogP contribution in [-0.4, -0.2) is 34.8 Å². The molecule has 0 saturated carbocycles. The monoisotopic (exact) mass is 574 g/mol. The number of rotatable bonds is 4. The van der Waals surface area contributed by atoms with Gasteiger partial charge in [-0.15, -0.1) is 0 Å². The number of aromatic nitrogens is 2. The van der Waals surface area contributed by atoms with Gasteiger partial charge in [-0.1, -0.05) is 47.5 Å². The number of nitrogens with two attached hydrogens (primary N) is 1. The number of hydrogen-bond donors (Lipinski definition) is 3. The van der Waals surface area contributed by atoms with Gasteiger partial charge in [0.2, 0.25) is 5.78 Å². The molecule has 0 amide bonds. The van der Waals surface area contributed by atoms with Crippen LogP contribution in [0.5, 0.6) is 0 Å². The smallest absolute Gasteiger partial charge is 0.450 e. The predicted octanol–water partition coefficient (Wildman–Crippen LogP) is 5.14. The maximum absolute atomic E-state index is 12.4. The van der Waals surface area contributed by atoms with Crippen molar-refractivity contribution >= 4 is 40.6 Å². The number of nitrogens with one attached hydrogen (secondary N) is 2. The number of H-pyrrole nitrogens is 1. The summed E-state index contributed by atoms with van der Waals surface area (Å²) < 4.78 is 75.9. The lowest BCUT2D eigenvalue weighted by Gasteiger charge is -2.05. The molecule has 0 saturated heterocycles. The second kappa shape index (κ2) is 13.7. The van der Waals surface area contributed by atoms with Gasteiger partial charge in [0, 0.05) is 6.07 Å². The van der Waals surface area contributed by atoms with E-state index in [0.29, 0.717) is 11.1 Å². The lowest BCUT2D eigenvalue weighted by Crippen LogP contribution is -2.25. The summed E-state index contributed by atoms with van der Waals surface area (Å²) >= 11 is 11.5. The number of esters is 1. The molecule has 0 bridgehead atoms. The fourth-order valence-electron chi connectivity index (χ4n) is 2.23. The Hall–Kier alpha value is -3.49. The number of methoxy groups -OCH3 is 1. The standard InChI is InChI=1S/C10H6ClF3N2O.C6H7ClN2.C5H5F3O3/c11-6-3-1-2-4-7(6)16-9(17)5-8(15-16)10(12,13)14;7-5-3-1-2-4-6(5)9-8;1-11-4(10)2-3(9)5(6,7)8/h1-5,15H;1-4,9H,8H2;2H2,1H3. The highest BCUT2D eigenvalue weighted by molar-refractivity contribution is 6.33. The lowest BCUT2D eigenvalue weighted by atomic mass is 10.3. The number of ether oxygens (including phenoxy) is 1. The van der Waals surface area contributed by atoms with E-state index in [9.17, 15) is 40.7 Å². The zero-order valence-electron chi connectivity index (χ0n) is 18.6. The molecule has 3 aromatic rings. The van der Waals surface area contributed by atoms with Crippen molar-refractivity contribution < 1.29 is 40.7 Å². The highest BCUT2D eigenvalue weighted by Gasteiger charge is 2.39. The number of nitrogen functional groups attached to an aromatic ring is 1. The lowest BCUT2D eigenvalue weighted by molar-refractivity contribution is -0.174. The van der Waals surface area contributed by atoms with Crippen LogP contribution in [0, 0.1) is 0 Å². The van der Waals surface area contributed by atoms with Gasteiger partial charge < -0.3 is 10.2 Å². The van der Waals surface area contributed by atoms with Crippen LogP contribution in [0.1, 0.15) is 12.1 Å². The summed E-state index contributed by atoms with van der Waals surface area (Å²) in [5.41, 5.74) is 1.46. The van der Waals surface area contributed by atoms with E-state index in [4.69, 9.17) is 29.0 Å². The highest BCUT2D eigenvalue weighted by atomic mass is 35.5. The number of halogens is 8. The van der Waals surface area contributed by atoms with Crippen LogP contribution in [0.3, 0.4) is 0 Å². The number of nitrogens with zero attached hydrogens (tertiary/aromatic N) is 1. The Morgan fingerprint density at radius 3 is 1.95 bits per heavy atom. The number of hydrazine groups is 1.